The summed E-state index contributed by atoms with van der Waals surface area (Å²) in [7, 11) is 1.56. The van der Waals surface area contributed by atoms with Crippen LogP contribution in [0, 0.1) is 16.0 Å². The SMILES string of the molecule is COCCNc1ccc(C(=O)NCCCN2CCCC(C)C2)cc1[N+](=O)[O-]. The van der Waals surface area contributed by atoms with Crippen molar-refractivity contribution in [3.63, 3.8) is 0 Å². The van der Waals surface area contributed by atoms with Crippen LogP contribution in [-0.2, 0) is 4.74 Å². The van der Waals surface area contributed by atoms with Crippen molar-refractivity contribution in [1.29, 1.82) is 0 Å². The Labute approximate surface area is 160 Å². The van der Waals surface area contributed by atoms with E-state index in [0.29, 0.717) is 30.9 Å². The van der Waals surface area contributed by atoms with Crippen molar-refractivity contribution in [2.75, 3.05) is 51.8 Å². The lowest BCUT2D eigenvalue weighted by molar-refractivity contribution is -0.384. The number of nitrogens with one attached hydrogen (secondary N) is 2. The van der Waals surface area contributed by atoms with E-state index >= 15 is 0 Å². The lowest BCUT2D eigenvalue weighted by Gasteiger charge is -2.30. The van der Waals surface area contributed by atoms with Gasteiger partial charge < -0.3 is 20.3 Å². The molecule has 8 nitrogen and oxygen atoms in total. The van der Waals surface area contributed by atoms with E-state index in [1.165, 1.54) is 18.9 Å². The number of carbonyl (C=O) groups is 1. The zero-order valence-electron chi connectivity index (χ0n) is 16.2. The minimum Gasteiger partial charge on any atom is -0.383 e. The average molecular weight is 378 g/mol. The van der Waals surface area contributed by atoms with Crippen molar-refractivity contribution in [2.24, 2.45) is 5.92 Å². The summed E-state index contributed by atoms with van der Waals surface area (Å²) in [4.78, 5) is 25.5. The zero-order valence-corrected chi connectivity index (χ0v) is 16.2. The first-order valence-corrected chi connectivity index (χ1v) is 9.53. The first-order valence-electron chi connectivity index (χ1n) is 9.53. The molecule has 8 heteroatoms. The number of amides is 1. The molecule has 0 saturated carbocycles. The maximum absolute atomic E-state index is 12.3. The summed E-state index contributed by atoms with van der Waals surface area (Å²) in [6.45, 7) is 6.94. The van der Waals surface area contributed by atoms with Crippen molar-refractivity contribution in [1.82, 2.24) is 10.2 Å². The van der Waals surface area contributed by atoms with Gasteiger partial charge in [-0.3, -0.25) is 14.9 Å². The van der Waals surface area contributed by atoms with Crippen molar-refractivity contribution < 1.29 is 14.5 Å². The largest absolute Gasteiger partial charge is 0.383 e. The Morgan fingerprint density at radius 1 is 1.41 bits per heavy atom. The highest BCUT2D eigenvalue weighted by Crippen LogP contribution is 2.25. The number of carbonyl (C=O) groups excluding carboxylic acids is 1. The van der Waals surface area contributed by atoms with Gasteiger partial charge in [-0.05, 0) is 50.4 Å². The molecule has 1 fully saturated rings. The minimum absolute atomic E-state index is 0.110. The summed E-state index contributed by atoms with van der Waals surface area (Å²) in [5.41, 5.74) is 0.569. The molecule has 1 aromatic carbocycles. The minimum atomic E-state index is -0.483. The van der Waals surface area contributed by atoms with Crippen LogP contribution in [-0.4, -0.2) is 62.2 Å². The highest BCUT2D eigenvalue weighted by atomic mass is 16.6. The number of benzene rings is 1. The molecular weight excluding hydrogens is 348 g/mol. The fraction of sp³-hybridized carbons (Fsp3) is 0.632. The van der Waals surface area contributed by atoms with Crippen LogP contribution in [0.1, 0.15) is 36.5 Å². The van der Waals surface area contributed by atoms with E-state index in [1.807, 2.05) is 0 Å². The number of nitrogens with zero attached hydrogens (tertiary/aromatic N) is 2. The van der Waals surface area contributed by atoms with Crippen molar-refractivity contribution in [3.05, 3.63) is 33.9 Å². The van der Waals surface area contributed by atoms with Crippen molar-refractivity contribution in [3.8, 4) is 0 Å². The Morgan fingerprint density at radius 2 is 2.22 bits per heavy atom. The summed E-state index contributed by atoms with van der Waals surface area (Å²) in [6, 6.07) is 4.48. The number of hydrogen-bond donors (Lipinski definition) is 2. The van der Waals surface area contributed by atoms with E-state index in [2.05, 4.69) is 22.5 Å². The van der Waals surface area contributed by atoms with Crippen LogP contribution in [0.25, 0.3) is 0 Å². The molecule has 0 aliphatic carbocycles. The van der Waals surface area contributed by atoms with Crippen LogP contribution in [0.4, 0.5) is 11.4 Å². The second-order valence-electron chi connectivity index (χ2n) is 7.07. The number of anilines is 1. The van der Waals surface area contributed by atoms with Crippen LogP contribution in [0.15, 0.2) is 18.2 Å². The number of rotatable bonds is 10. The van der Waals surface area contributed by atoms with E-state index in [-0.39, 0.29) is 11.6 Å². The van der Waals surface area contributed by atoms with Crippen molar-refractivity contribution >= 4 is 17.3 Å². The van der Waals surface area contributed by atoms with Gasteiger partial charge in [0, 0.05) is 38.4 Å². The number of piperidine rings is 1. The van der Waals surface area contributed by atoms with E-state index in [1.54, 1.807) is 19.2 Å². The number of nitro benzene ring substituents is 1. The molecule has 1 saturated heterocycles. The lowest BCUT2D eigenvalue weighted by Crippen LogP contribution is -2.36. The quantitative estimate of drug-likeness (QED) is 0.369. The Morgan fingerprint density at radius 3 is 2.93 bits per heavy atom. The van der Waals surface area contributed by atoms with Gasteiger partial charge in [-0.25, -0.2) is 0 Å². The molecule has 1 unspecified atom stereocenters. The number of ether oxygens (including phenoxy) is 1. The van der Waals surface area contributed by atoms with E-state index < -0.39 is 4.92 Å². The Kier molecular flexibility index (Phi) is 8.47. The molecule has 0 aromatic heterocycles. The van der Waals surface area contributed by atoms with Gasteiger partial charge in [0.05, 0.1) is 11.5 Å². The summed E-state index contributed by atoms with van der Waals surface area (Å²) < 4.78 is 4.93. The second-order valence-corrected chi connectivity index (χ2v) is 7.07. The number of nitro groups is 1. The van der Waals surface area contributed by atoms with Crippen LogP contribution in [0.5, 0.6) is 0 Å². The Balaban J connectivity index is 1.84. The first-order chi connectivity index (χ1) is 13.0. The van der Waals surface area contributed by atoms with Crippen LogP contribution in [0.2, 0.25) is 0 Å². The third-order valence-corrected chi connectivity index (χ3v) is 4.76. The summed E-state index contributed by atoms with van der Waals surface area (Å²) in [6.07, 6.45) is 3.40. The van der Waals surface area contributed by atoms with Crippen LogP contribution < -0.4 is 10.6 Å². The van der Waals surface area contributed by atoms with Gasteiger partial charge >= 0.3 is 0 Å². The number of likely N-dealkylation sites (tertiary alicyclic amines) is 1. The molecule has 150 valence electrons. The highest BCUT2D eigenvalue weighted by molar-refractivity contribution is 5.95. The third kappa shape index (κ3) is 6.80. The summed E-state index contributed by atoms with van der Waals surface area (Å²) in [5.74, 6) is 0.457. The number of methoxy groups -OCH3 is 1. The Bertz CT molecular complexity index is 638. The van der Waals surface area contributed by atoms with Gasteiger partial charge in [0.25, 0.3) is 11.6 Å². The molecule has 0 radical (unpaired) electrons. The Hall–Kier alpha value is -2.19. The molecule has 1 amide bonds. The summed E-state index contributed by atoms with van der Waals surface area (Å²) in [5, 5.41) is 17.1. The van der Waals surface area contributed by atoms with Crippen molar-refractivity contribution in [2.45, 2.75) is 26.2 Å². The predicted octanol–water partition coefficient (Wildman–Crippen LogP) is 2.50. The maximum atomic E-state index is 12.3. The van der Waals surface area contributed by atoms with Gasteiger partial charge in [-0.1, -0.05) is 6.92 Å². The predicted molar refractivity (Wildman–Crippen MR) is 105 cm³/mol. The normalized spacial score (nSPS) is 17.5. The van der Waals surface area contributed by atoms with Crippen LogP contribution >= 0.6 is 0 Å². The van der Waals surface area contributed by atoms with Gasteiger partial charge in [0.15, 0.2) is 0 Å². The highest BCUT2D eigenvalue weighted by Gasteiger charge is 2.18. The molecule has 27 heavy (non-hydrogen) atoms. The molecule has 1 atom stereocenters. The van der Waals surface area contributed by atoms with Gasteiger partial charge in [0.1, 0.15) is 5.69 Å². The fourth-order valence-corrected chi connectivity index (χ4v) is 3.36. The third-order valence-electron chi connectivity index (χ3n) is 4.76. The second kappa shape index (κ2) is 10.8. The number of hydrogen-bond acceptors (Lipinski definition) is 6. The maximum Gasteiger partial charge on any atom is 0.293 e. The monoisotopic (exact) mass is 378 g/mol. The summed E-state index contributed by atoms with van der Waals surface area (Å²) >= 11 is 0. The molecule has 1 aliphatic rings. The van der Waals surface area contributed by atoms with Gasteiger partial charge in [-0.15, -0.1) is 0 Å². The van der Waals surface area contributed by atoms with Crippen LogP contribution in [0.3, 0.4) is 0 Å². The molecule has 2 rings (SSSR count). The molecule has 1 heterocycles. The molecular formula is C19H30N4O4. The van der Waals surface area contributed by atoms with Gasteiger partial charge in [0.2, 0.25) is 0 Å². The molecule has 0 bridgehead atoms. The molecule has 0 spiro atoms. The fourth-order valence-electron chi connectivity index (χ4n) is 3.36. The molecule has 1 aromatic rings. The van der Waals surface area contributed by atoms with E-state index in [4.69, 9.17) is 4.74 Å². The molecule has 1 aliphatic heterocycles. The van der Waals surface area contributed by atoms with E-state index in [0.717, 1.165) is 32.0 Å². The lowest BCUT2D eigenvalue weighted by atomic mass is 10.0. The first kappa shape index (κ1) is 21.1. The zero-order chi connectivity index (χ0) is 19.6. The van der Waals surface area contributed by atoms with E-state index in [9.17, 15) is 14.9 Å². The average Bonchev–Trinajstić information content (AvgIpc) is 2.65. The molecule has 2 N–H and O–H groups in total. The standard InChI is InChI=1S/C19H30N4O4/c1-15-5-3-10-22(14-15)11-4-8-21-19(24)16-6-7-17(20-9-12-27-2)18(13-16)23(25)26/h6-7,13,15,20H,3-5,8-12,14H2,1-2H3,(H,21,24). The topological polar surface area (TPSA) is 96.7 Å². The van der Waals surface area contributed by atoms with Gasteiger partial charge in [-0.2, -0.15) is 0 Å². The smallest absolute Gasteiger partial charge is 0.293 e.